The Kier molecular flexibility index (Phi) is 6.91. The molecule has 150 valence electrons. The van der Waals surface area contributed by atoms with Crippen LogP contribution in [0.2, 0.25) is 10.0 Å². The fraction of sp³-hybridized carbons (Fsp3) is 0.118. The number of thioether (sulfide) groups is 1. The number of carbonyl (C=O) groups is 1. The lowest BCUT2D eigenvalue weighted by Crippen LogP contribution is -2.12. The van der Waals surface area contributed by atoms with Gasteiger partial charge in [0.1, 0.15) is 0 Å². The molecule has 0 spiro atoms. The summed E-state index contributed by atoms with van der Waals surface area (Å²) in [6.45, 7) is 0. The Morgan fingerprint density at radius 2 is 2.00 bits per heavy atom. The van der Waals surface area contributed by atoms with Crippen LogP contribution in [0, 0.1) is 10.1 Å². The van der Waals surface area contributed by atoms with Crippen molar-refractivity contribution in [2.75, 3.05) is 12.4 Å². The van der Waals surface area contributed by atoms with Crippen molar-refractivity contribution < 1.29 is 14.5 Å². The molecule has 0 aliphatic heterocycles. The largest absolute Gasteiger partial charge is 0.490 e. The molecule has 1 heterocycles. The number of aromatic nitrogens is 2. The second kappa shape index (κ2) is 9.40. The maximum atomic E-state index is 12.4. The van der Waals surface area contributed by atoms with Gasteiger partial charge >= 0.3 is 5.69 Å². The fourth-order valence-corrected chi connectivity index (χ4v) is 4.75. The molecule has 3 aromatic rings. The molecule has 12 heteroatoms. The van der Waals surface area contributed by atoms with Crippen LogP contribution < -0.4 is 10.1 Å². The Morgan fingerprint density at radius 1 is 1.28 bits per heavy atom. The summed E-state index contributed by atoms with van der Waals surface area (Å²) in [6, 6.07) is 9.20. The lowest BCUT2D eigenvalue weighted by atomic mass is 10.2. The number of benzene rings is 2. The topological polar surface area (TPSA) is 107 Å². The number of ether oxygens (including phenoxy) is 1. The summed E-state index contributed by atoms with van der Waals surface area (Å²) < 4.78 is 5.54. The minimum atomic E-state index is -0.616. The third kappa shape index (κ3) is 5.15. The maximum absolute atomic E-state index is 12.4. The Labute approximate surface area is 183 Å². The van der Waals surface area contributed by atoms with Crippen molar-refractivity contribution in [3.8, 4) is 5.75 Å². The SMILES string of the molecule is COc1ccc(C(=O)Nc2nnc(SCc3c(Cl)cccc3Cl)s2)cc1[N+](=O)[O-]. The van der Waals surface area contributed by atoms with Gasteiger partial charge in [-0.3, -0.25) is 20.2 Å². The number of amides is 1. The number of halogens is 2. The number of nitro groups is 1. The second-order valence-corrected chi connectivity index (χ2v) is 8.47. The van der Waals surface area contributed by atoms with E-state index in [9.17, 15) is 14.9 Å². The van der Waals surface area contributed by atoms with Crippen LogP contribution in [0.5, 0.6) is 5.75 Å². The number of rotatable bonds is 7. The molecule has 1 N–H and O–H groups in total. The zero-order valence-electron chi connectivity index (χ0n) is 14.7. The lowest BCUT2D eigenvalue weighted by Gasteiger charge is -2.05. The molecule has 1 amide bonds. The van der Waals surface area contributed by atoms with E-state index >= 15 is 0 Å². The summed E-state index contributed by atoms with van der Waals surface area (Å²) in [5.74, 6) is 0.0168. The molecular formula is C17H12Cl2N4O4S2. The van der Waals surface area contributed by atoms with Crippen molar-refractivity contribution in [3.05, 3.63) is 67.7 Å². The van der Waals surface area contributed by atoms with E-state index in [1.165, 1.54) is 42.3 Å². The molecule has 0 unspecified atom stereocenters. The van der Waals surface area contributed by atoms with E-state index in [1.807, 2.05) is 0 Å². The van der Waals surface area contributed by atoms with Gasteiger partial charge in [-0.05, 0) is 29.8 Å². The van der Waals surface area contributed by atoms with Crippen LogP contribution in [-0.4, -0.2) is 28.1 Å². The Hall–Kier alpha value is -2.40. The highest BCUT2D eigenvalue weighted by atomic mass is 35.5. The van der Waals surface area contributed by atoms with E-state index in [1.54, 1.807) is 18.2 Å². The normalized spacial score (nSPS) is 10.6. The number of nitro benzene ring substituents is 1. The standard InChI is InChI=1S/C17H12Cl2N4O4S2/c1-27-14-6-5-9(7-13(14)23(25)26)15(24)20-16-21-22-17(29-16)28-8-10-11(18)3-2-4-12(10)19/h2-7H,8H2,1H3,(H,20,21,24). The van der Waals surface area contributed by atoms with Crippen molar-refractivity contribution in [3.63, 3.8) is 0 Å². The Bertz CT molecular complexity index is 1060. The van der Waals surface area contributed by atoms with Crippen LogP contribution in [0.3, 0.4) is 0 Å². The molecule has 0 aliphatic rings. The third-order valence-electron chi connectivity index (χ3n) is 3.67. The average Bonchev–Trinajstić information content (AvgIpc) is 3.14. The molecule has 0 saturated heterocycles. The molecule has 0 fully saturated rings. The number of nitrogens with one attached hydrogen (secondary N) is 1. The van der Waals surface area contributed by atoms with Crippen molar-refractivity contribution in [1.82, 2.24) is 10.2 Å². The Morgan fingerprint density at radius 3 is 2.66 bits per heavy atom. The quantitative estimate of drug-likeness (QED) is 0.215. The zero-order valence-corrected chi connectivity index (χ0v) is 17.9. The van der Waals surface area contributed by atoms with Gasteiger partial charge in [-0.2, -0.15) is 0 Å². The van der Waals surface area contributed by atoms with E-state index in [0.29, 0.717) is 20.1 Å². The first-order valence-electron chi connectivity index (χ1n) is 7.92. The molecule has 0 radical (unpaired) electrons. The van der Waals surface area contributed by atoms with Gasteiger partial charge in [-0.15, -0.1) is 10.2 Å². The number of nitrogens with zero attached hydrogens (tertiary/aromatic N) is 3. The molecule has 2 aromatic carbocycles. The monoisotopic (exact) mass is 470 g/mol. The first-order chi connectivity index (χ1) is 13.9. The van der Waals surface area contributed by atoms with Gasteiger partial charge in [0.25, 0.3) is 5.91 Å². The highest BCUT2D eigenvalue weighted by Crippen LogP contribution is 2.34. The smallest absolute Gasteiger partial charge is 0.311 e. The van der Waals surface area contributed by atoms with Gasteiger partial charge in [0, 0.05) is 27.4 Å². The van der Waals surface area contributed by atoms with Crippen molar-refractivity contribution in [2.45, 2.75) is 10.1 Å². The molecule has 0 aliphatic carbocycles. The molecule has 0 atom stereocenters. The molecular weight excluding hydrogens is 459 g/mol. The van der Waals surface area contributed by atoms with Gasteiger partial charge in [0.2, 0.25) is 5.13 Å². The first kappa shape index (κ1) is 21.3. The van der Waals surface area contributed by atoms with Crippen molar-refractivity contribution in [1.29, 1.82) is 0 Å². The van der Waals surface area contributed by atoms with E-state index in [2.05, 4.69) is 15.5 Å². The fourth-order valence-electron chi connectivity index (χ4n) is 2.27. The third-order valence-corrected chi connectivity index (χ3v) is 6.37. The number of hydrogen-bond acceptors (Lipinski definition) is 8. The first-order valence-corrected chi connectivity index (χ1v) is 10.5. The van der Waals surface area contributed by atoms with E-state index < -0.39 is 10.8 Å². The highest BCUT2D eigenvalue weighted by molar-refractivity contribution is 8.00. The summed E-state index contributed by atoms with van der Waals surface area (Å²) >= 11 is 14.8. The predicted octanol–water partition coefficient (Wildman–Crippen LogP) is 5.31. The molecule has 0 saturated carbocycles. The number of anilines is 1. The number of hydrogen-bond donors (Lipinski definition) is 1. The maximum Gasteiger partial charge on any atom is 0.311 e. The van der Waals surface area contributed by atoms with Gasteiger partial charge in [-0.25, -0.2) is 0 Å². The number of methoxy groups -OCH3 is 1. The van der Waals surface area contributed by atoms with Crippen LogP contribution in [0.25, 0.3) is 0 Å². The summed E-state index contributed by atoms with van der Waals surface area (Å²) in [7, 11) is 1.32. The van der Waals surface area contributed by atoms with Crippen LogP contribution >= 0.6 is 46.3 Å². The summed E-state index contributed by atoms with van der Waals surface area (Å²) in [5.41, 5.74) is 0.585. The predicted molar refractivity (Wildman–Crippen MR) is 114 cm³/mol. The Balaban J connectivity index is 1.68. The summed E-state index contributed by atoms with van der Waals surface area (Å²) in [4.78, 5) is 22.9. The van der Waals surface area contributed by atoms with Crippen LogP contribution in [0.15, 0.2) is 40.7 Å². The summed E-state index contributed by atoms with van der Waals surface area (Å²) in [6.07, 6.45) is 0. The van der Waals surface area contributed by atoms with Crippen molar-refractivity contribution >= 4 is 63.0 Å². The molecule has 3 rings (SSSR count). The van der Waals surface area contributed by atoms with E-state index in [-0.39, 0.29) is 22.1 Å². The molecule has 1 aromatic heterocycles. The lowest BCUT2D eigenvalue weighted by molar-refractivity contribution is -0.385. The average molecular weight is 471 g/mol. The van der Waals surface area contributed by atoms with Crippen molar-refractivity contribution in [2.24, 2.45) is 0 Å². The van der Waals surface area contributed by atoms with Gasteiger partial charge in [-0.1, -0.05) is 52.4 Å². The van der Waals surface area contributed by atoms with E-state index in [0.717, 1.165) is 11.6 Å². The summed E-state index contributed by atoms with van der Waals surface area (Å²) in [5, 5.41) is 23.0. The number of carbonyl (C=O) groups excluding carboxylic acids is 1. The molecule has 0 bridgehead atoms. The second-order valence-electron chi connectivity index (χ2n) is 5.46. The van der Waals surface area contributed by atoms with Gasteiger partial charge < -0.3 is 4.74 Å². The van der Waals surface area contributed by atoms with Crippen LogP contribution in [0.1, 0.15) is 15.9 Å². The van der Waals surface area contributed by atoms with E-state index in [4.69, 9.17) is 27.9 Å². The minimum absolute atomic E-state index is 0.0689. The van der Waals surface area contributed by atoms with Gasteiger partial charge in [0.05, 0.1) is 12.0 Å². The van der Waals surface area contributed by atoms with Crippen LogP contribution in [0.4, 0.5) is 10.8 Å². The minimum Gasteiger partial charge on any atom is -0.490 e. The molecule has 29 heavy (non-hydrogen) atoms. The van der Waals surface area contributed by atoms with Crippen LogP contribution in [-0.2, 0) is 5.75 Å². The molecule has 8 nitrogen and oxygen atoms in total. The zero-order chi connectivity index (χ0) is 21.0. The highest BCUT2D eigenvalue weighted by Gasteiger charge is 2.19. The van der Waals surface area contributed by atoms with Gasteiger partial charge in [0.15, 0.2) is 10.1 Å².